The van der Waals surface area contributed by atoms with Gasteiger partial charge < -0.3 is 14.5 Å². The van der Waals surface area contributed by atoms with Gasteiger partial charge in [0, 0.05) is 38.3 Å². The summed E-state index contributed by atoms with van der Waals surface area (Å²) >= 11 is 0. The Morgan fingerprint density at radius 3 is 2.42 bits per heavy atom. The number of benzene rings is 1. The van der Waals surface area contributed by atoms with Crippen LogP contribution in [0.3, 0.4) is 0 Å². The first kappa shape index (κ1) is 18.6. The van der Waals surface area contributed by atoms with E-state index in [1.165, 1.54) is 0 Å². The molecule has 0 aromatic heterocycles. The van der Waals surface area contributed by atoms with E-state index in [0.717, 1.165) is 0 Å². The molecule has 1 aromatic rings. The summed E-state index contributed by atoms with van der Waals surface area (Å²) in [6.07, 6.45) is -0.621. The number of hydrogen-bond acceptors (Lipinski definition) is 4. The molecule has 1 fully saturated rings. The molecular weight excluding hydrogens is 342 g/mol. The summed E-state index contributed by atoms with van der Waals surface area (Å²) in [6, 6.07) is 5.25. The number of Topliss-reactive ketones (excluding diaryl/α,β-unsaturated/α-hetero) is 1. The number of rotatable bonds is 1. The Bertz CT molecular complexity index is 720. The monoisotopic (exact) mass is 366 g/mol. The van der Waals surface area contributed by atoms with Crippen molar-refractivity contribution < 1.29 is 23.1 Å². The summed E-state index contributed by atoms with van der Waals surface area (Å²) < 4.78 is 33.2. The number of alkyl halides is 2. The Kier molecular flexibility index (Phi) is 4.67. The zero-order valence-corrected chi connectivity index (χ0v) is 15.3. The van der Waals surface area contributed by atoms with Crippen molar-refractivity contribution in [3.8, 4) is 0 Å². The van der Waals surface area contributed by atoms with E-state index in [-0.39, 0.29) is 18.1 Å². The number of aryl methyl sites for hydroxylation is 1. The zero-order valence-electron chi connectivity index (χ0n) is 15.3. The predicted molar refractivity (Wildman–Crippen MR) is 94.1 cm³/mol. The molecule has 26 heavy (non-hydrogen) atoms. The van der Waals surface area contributed by atoms with Gasteiger partial charge in [0.2, 0.25) is 5.78 Å². The largest absolute Gasteiger partial charge is 0.444 e. The number of amides is 1. The maximum atomic E-state index is 13.9. The average Bonchev–Trinajstić information content (AvgIpc) is 2.57. The van der Waals surface area contributed by atoms with Crippen LogP contribution >= 0.6 is 0 Å². The molecule has 1 amide bonds. The molecule has 0 saturated carbocycles. The summed E-state index contributed by atoms with van der Waals surface area (Å²) in [5.74, 6) is -4.40. The number of halogens is 2. The number of ketones is 1. The van der Waals surface area contributed by atoms with Crippen molar-refractivity contribution >= 4 is 17.6 Å². The van der Waals surface area contributed by atoms with Crippen LogP contribution in [0, 0.1) is 0 Å². The summed E-state index contributed by atoms with van der Waals surface area (Å²) in [4.78, 5) is 27.9. The molecule has 0 unspecified atom stereocenters. The van der Waals surface area contributed by atoms with Gasteiger partial charge in [-0.3, -0.25) is 4.79 Å². The first-order valence-electron chi connectivity index (χ1n) is 8.86. The number of ether oxygens (including phenoxy) is 1. The molecule has 1 aliphatic heterocycles. The van der Waals surface area contributed by atoms with Crippen LogP contribution in [-0.4, -0.2) is 54.5 Å². The lowest BCUT2D eigenvalue weighted by Crippen LogP contribution is -2.50. The summed E-state index contributed by atoms with van der Waals surface area (Å²) in [6.45, 7) is 7.20. The van der Waals surface area contributed by atoms with Crippen molar-refractivity contribution in [2.24, 2.45) is 0 Å². The summed E-state index contributed by atoms with van der Waals surface area (Å²) in [5, 5.41) is 0. The van der Waals surface area contributed by atoms with E-state index in [0.29, 0.717) is 37.4 Å². The van der Waals surface area contributed by atoms with Crippen LogP contribution in [0.25, 0.3) is 0 Å². The highest BCUT2D eigenvalue weighted by Crippen LogP contribution is 2.38. The van der Waals surface area contributed by atoms with Crippen molar-refractivity contribution in [1.82, 2.24) is 4.90 Å². The molecule has 2 aliphatic rings. The Morgan fingerprint density at radius 1 is 1.15 bits per heavy atom. The van der Waals surface area contributed by atoms with Crippen LogP contribution in [-0.2, 0) is 11.2 Å². The second kappa shape index (κ2) is 6.52. The number of hydrogen-bond donors (Lipinski definition) is 0. The van der Waals surface area contributed by atoms with Crippen molar-refractivity contribution in [1.29, 1.82) is 0 Å². The van der Waals surface area contributed by atoms with Gasteiger partial charge in [-0.15, -0.1) is 0 Å². The molecule has 7 heteroatoms. The van der Waals surface area contributed by atoms with Crippen LogP contribution in [0.2, 0.25) is 0 Å². The number of piperazine rings is 1. The van der Waals surface area contributed by atoms with Gasteiger partial charge in [0.25, 0.3) is 0 Å². The molecule has 1 heterocycles. The van der Waals surface area contributed by atoms with Crippen LogP contribution in [0.15, 0.2) is 18.2 Å². The third kappa shape index (κ3) is 3.66. The molecule has 0 spiro atoms. The smallest absolute Gasteiger partial charge is 0.410 e. The Morgan fingerprint density at radius 2 is 1.81 bits per heavy atom. The minimum Gasteiger partial charge on any atom is -0.444 e. The fourth-order valence-electron chi connectivity index (χ4n) is 3.37. The standard InChI is InChI=1S/C19H24F2N2O3/c1-18(2,3)26-17(25)23-11-9-22(10-12-23)14-6-4-5-13-7-8-19(20,21)16(24)15(13)14/h4-6H,7-12H2,1-3H3. The second-order valence-corrected chi connectivity index (χ2v) is 7.80. The number of carbonyl (C=O) groups excluding carboxylic acids is 2. The van der Waals surface area contributed by atoms with Gasteiger partial charge >= 0.3 is 12.0 Å². The van der Waals surface area contributed by atoms with Crippen LogP contribution in [0.4, 0.5) is 19.3 Å². The van der Waals surface area contributed by atoms with Gasteiger partial charge in [-0.05, 0) is 38.8 Å². The molecule has 142 valence electrons. The molecule has 0 atom stereocenters. The van der Waals surface area contributed by atoms with E-state index in [1.54, 1.807) is 23.1 Å². The average molecular weight is 366 g/mol. The van der Waals surface area contributed by atoms with Crippen LogP contribution < -0.4 is 4.90 Å². The van der Waals surface area contributed by atoms with E-state index >= 15 is 0 Å². The first-order valence-corrected chi connectivity index (χ1v) is 8.86. The predicted octanol–water partition coefficient (Wildman–Crippen LogP) is 3.51. The molecular formula is C19H24F2N2O3. The van der Waals surface area contributed by atoms with E-state index in [2.05, 4.69) is 0 Å². The Balaban J connectivity index is 1.75. The normalized spacial score (nSPS) is 20.0. The quantitative estimate of drug-likeness (QED) is 0.763. The minimum atomic E-state index is -3.30. The molecule has 5 nitrogen and oxygen atoms in total. The highest BCUT2D eigenvalue weighted by atomic mass is 19.3. The van der Waals surface area contributed by atoms with Gasteiger partial charge in [-0.25, -0.2) is 4.79 Å². The van der Waals surface area contributed by atoms with Crippen molar-refractivity contribution in [3.05, 3.63) is 29.3 Å². The third-order valence-electron chi connectivity index (χ3n) is 4.67. The maximum Gasteiger partial charge on any atom is 0.410 e. The molecule has 1 aromatic carbocycles. The molecule has 1 aliphatic carbocycles. The van der Waals surface area contributed by atoms with Gasteiger partial charge in [0.05, 0.1) is 5.56 Å². The van der Waals surface area contributed by atoms with Crippen LogP contribution in [0.5, 0.6) is 0 Å². The highest BCUT2D eigenvalue weighted by molar-refractivity contribution is 6.08. The lowest BCUT2D eigenvalue weighted by Gasteiger charge is -2.38. The van der Waals surface area contributed by atoms with Crippen molar-refractivity contribution in [2.75, 3.05) is 31.1 Å². The van der Waals surface area contributed by atoms with Gasteiger partial charge in [-0.2, -0.15) is 8.78 Å². The minimum absolute atomic E-state index is 0.134. The topological polar surface area (TPSA) is 49.9 Å². The number of anilines is 1. The lowest BCUT2D eigenvalue weighted by atomic mass is 9.86. The Labute approximate surface area is 151 Å². The molecule has 0 radical (unpaired) electrons. The van der Waals surface area contributed by atoms with Crippen LogP contribution in [0.1, 0.15) is 43.1 Å². The third-order valence-corrected chi connectivity index (χ3v) is 4.67. The molecule has 1 saturated heterocycles. The van der Waals surface area contributed by atoms with E-state index in [9.17, 15) is 18.4 Å². The van der Waals surface area contributed by atoms with E-state index in [4.69, 9.17) is 4.74 Å². The van der Waals surface area contributed by atoms with E-state index in [1.807, 2.05) is 25.7 Å². The van der Waals surface area contributed by atoms with Crippen molar-refractivity contribution in [2.45, 2.75) is 45.1 Å². The number of nitrogens with zero attached hydrogens (tertiary/aromatic N) is 2. The summed E-state index contributed by atoms with van der Waals surface area (Å²) in [5.41, 5.74) is 0.781. The first-order chi connectivity index (χ1) is 12.1. The summed E-state index contributed by atoms with van der Waals surface area (Å²) in [7, 11) is 0. The van der Waals surface area contributed by atoms with E-state index < -0.39 is 23.7 Å². The van der Waals surface area contributed by atoms with Gasteiger partial charge in [0.1, 0.15) is 5.60 Å². The zero-order chi connectivity index (χ0) is 19.1. The molecule has 3 rings (SSSR count). The highest BCUT2D eigenvalue weighted by Gasteiger charge is 2.45. The van der Waals surface area contributed by atoms with Gasteiger partial charge in [0.15, 0.2) is 0 Å². The fraction of sp³-hybridized carbons (Fsp3) is 0.579. The molecule has 0 N–H and O–H groups in total. The maximum absolute atomic E-state index is 13.9. The van der Waals surface area contributed by atoms with Crippen molar-refractivity contribution in [3.63, 3.8) is 0 Å². The number of carbonyl (C=O) groups is 2. The fourth-order valence-corrected chi connectivity index (χ4v) is 3.37. The lowest BCUT2D eigenvalue weighted by molar-refractivity contribution is 0.00207. The Hall–Kier alpha value is -2.18. The van der Waals surface area contributed by atoms with Gasteiger partial charge in [-0.1, -0.05) is 12.1 Å². The second-order valence-electron chi connectivity index (χ2n) is 7.80. The number of fused-ring (bicyclic) bond motifs is 1. The SMILES string of the molecule is CC(C)(C)OC(=O)N1CCN(c2cccc3c2C(=O)C(F)(F)CC3)CC1. The molecule has 0 bridgehead atoms.